The molecule has 2 aliphatic rings. The van der Waals surface area contributed by atoms with Crippen molar-refractivity contribution in [1.29, 1.82) is 0 Å². The first-order valence-corrected chi connectivity index (χ1v) is 9.76. The predicted octanol–water partition coefficient (Wildman–Crippen LogP) is 2.94. The molecule has 0 amide bonds. The zero-order chi connectivity index (χ0) is 18.6. The third kappa shape index (κ3) is 6.06. The van der Waals surface area contributed by atoms with Crippen LogP contribution in [-0.2, 0) is 0 Å². The van der Waals surface area contributed by atoms with Crippen LogP contribution in [0.25, 0.3) is 6.08 Å². The van der Waals surface area contributed by atoms with E-state index in [-0.39, 0.29) is 24.8 Å². The van der Waals surface area contributed by atoms with Crippen LogP contribution in [0.4, 0.5) is 11.8 Å². The van der Waals surface area contributed by atoms with Gasteiger partial charge in [0.1, 0.15) is 5.82 Å². The van der Waals surface area contributed by atoms with Crippen LogP contribution in [0.3, 0.4) is 0 Å². The highest BCUT2D eigenvalue weighted by atomic mass is 35.5. The van der Waals surface area contributed by atoms with Gasteiger partial charge in [-0.2, -0.15) is 4.98 Å². The van der Waals surface area contributed by atoms with E-state index >= 15 is 0 Å². The van der Waals surface area contributed by atoms with Crippen LogP contribution >= 0.6 is 24.8 Å². The lowest BCUT2D eigenvalue weighted by Gasteiger charge is -2.36. The molecule has 1 aliphatic heterocycles. The van der Waals surface area contributed by atoms with Crippen molar-refractivity contribution in [2.24, 2.45) is 5.73 Å². The Balaban J connectivity index is 0.00000150. The molecule has 4 rings (SSSR count). The Morgan fingerprint density at radius 2 is 1.69 bits per heavy atom. The van der Waals surface area contributed by atoms with Crippen molar-refractivity contribution in [2.75, 3.05) is 43.4 Å². The summed E-state index contributed by atoms with van der Waals surface area (Å²) in [6, 6.07) is 12.8. The van der Waals surface area contributed by atoms with Crippen LogP contribution in [0.15, 0.2) is 42.5 Å². The number of nitrogens with zero attached hydrogens (tertiary/aromatic N) is 4. The standard InChI is InChI=1S/C21H28N6.2ClH/c22-18-13-17(14-18)19-15-20(25-21(23)24-19)27-11-9-26(10-12-27)8-4-7-16-5-2-1-3-6-16;;/h1-7,15,17-18H,8-14,22H2,(H2,23,24,25);2*1H/b7-4+;;. The Morgan fingerprint density at radius 3 is 2.34 bits per heavy atom. The summed E-state index contributed by atoms with van der Waals surface area (Å²) >= 11 is 0. The summed E-state index contributed by atoms with van der Waals surface area (Å²) in [7, 11) is 0. The van der Waals surface area contributed by atoms with E-state index in [9.17, 15) is 0 Å². The SMILES string of the molecule is Cl.Cl.Nc1nc(C2CC(N)C2)cc(N2CCN(C/C=C/c3ccccc3)CC2)n1. The van der Waals surface area contributed by atoms with Crippen molar-refractivity contribution in [3.63, 3.8) is 0 Å². The third-order valence-electron chi connectivity index (χ3n) is 5.51. The van der Waals surface area contributed by atoms with E-state index in [1.807, 2.05) is 6.07 Å². The second kappa shape index (κ2) is 10.8. The van der Waals surface area contributed by atoms with E-state index in [0.29, 0.717) is 17.9 Å². The number of hydrogen-bond acceptors (Lipinski definition) is 6. The molecule has 0 spiro atoms. The van der Waals surface area contributed by atoms with Gasteiger partial charge in [-0.1, -0.05) is 42.5 Å². The van der Waals surface area contributed by atoms with Gasteiger partial charge in [-0.05, 0) is 18.4 Å². The number of hydrogen-bond donors (Lipinski definition) is 2. The van der Waals surface area contributed by atoms with E-state index in [1.165, 1.54) is 5.56 Å². The van der Waals surface area contributed by atoms with Crippen molar-refractivity contribution in [1.82, 2.24) is 14.9 Å². The maximum atomic E-state index is 5.97. The monoisotopic (exact) mass is 436 g/mol. The molecule has 0 radical (unpaired) electrons. The molecule has 2 fully saturated rings. The number of rotatable bonds is 5. The number of halogens is 2. The number of aromatic nitrogens is 2. The van der Waals surface area contributed by atoms with E-state index in [1.54, 1.807) is 0 Å². The summed E-state index contributed by atoms with van der Waals surface area (Å²) in [6.07, 6.45) is 6.42. The molecule has 0 atom stereocenters. The van der Waals surface area contributed by atoms with Crippen LogP contribution in [0.5, 0.6) is 0 Å². The fourth-order valence-electron chi connectivity index (χ4n) is 3.81. The molecule has 6 nitrogen and oxygen atoms in total. The first-order chi connectivity index (χ1) is 13.2. The van der Waals surface area contributed by atoms with Gasteiger partial charge in [-0.25, -0.2) is 4.98 Å². The fraction of sp³-hybridized carbons (Fsp3) is 0.429. The van der Waals surface area contributed by atoms with Crippen LogP contribution in [-0.4, -0.2) is 53.6 Å². The van der Waals surface area contributed by atoms with Crippen molar-refractivity contribution in [2.45, 2.75) is 24.8 Å². The van der Waals surface area contributed by atoms with Gasteiger partial charge in [0, 0.05) is 50.7 Å². The third-order valence-corrected chi connectivity index (χ3v) is 5.51. The quantitative estimate of drug-likeness (QED) is 0.749. The molecule has 1 saturated heterocycles. The lowest BCUT2D eigenvalue weighted by Crippen LogP contribution is -2.46. The summed E-state index contributed by atoms with van der Waals surface area (Å²) in [4.78, 5) is 13.7. The lowest BCUT2D eigenvalue weighted by atomic mass is 9.78. The van der Waals surface area contributed by atoms with Crippen LogP contribution < -0.4 is 16.4 Å². The normalized spacial score (nSPS) is 21.9. The second-order valence-electron chi connectivity index (χ2n) is 7.54. The fourth-order valence-corrected chi connectivity index (χ4v) is 3.81. The molecule has 29 heavy (non-hydrogen) atoms. The molecule has 1 saturated carbocycles. The zero-order valence-electron chi connectivity index (χ0n) is 16.5. The zero-order valence-corrected chi connectivity index (χ0v) is 18.1. The Bertz CT molecular complexity index is 787. The van der Waals surface area contributed by atoms with Gasteiger partial charge in [-0.3, -0.25) is 4.90 Å². The minimum absolute atomic E-state index is 0. The summed E-state index contributed by atoms with van der Waals surface area (Å²) < 4.78 is 0. The first-order valence-electron chi connectivity index (χ1n) is 9.76. The van der Waals surface area contributed by atoms with Gasteiger partial charge in [0.05, 0.1) is 5.69 Å². The van der Waals surface area contributed by atoms with E-state index < -0.39 is 0 Å². The molecular weight excluding hydrogens is 407 g/mol. The first kappa shape index (κ1) is 23.4. The lowest BCUT2D eigenvalue weighted by molar-refractivity contribution is 0.283. The Hall–Kier alpha value is -1.86. The molecular formula is C21H30Cl2N6. The highest BCUT2D eigenvalue weighted by Gasteiger charge is 2.29. The predicted molar refractivity (Wildman–Crippen MR) is 125 cm³/mol. The number of anilines is 2. The minimum atomic E-state index is 0. The van der Waals surface area contributed by atoms with E-state index in [2.05, 4.69) is 62.3 Å². The molecule has 2 aromatic rings. The van der Waals surface area contributed by atoms with Crippen LogP contribution in [0, 0.1) is 0 Å². The molecule has 158 valence electrons. The van der Waals surface area contributed by atoms with Crippen LogP contribution in [0.2, 0.25) is 0 Å². The van der Waals surface area contributed by atoms with Crippen molar-refractivity contribution >= 4 is 42.7 Å². The number of benzene rings is 1. The van der Waals surface area contributed by atoms with Crippen molar-refractivity contribution in [3.8, 4) is 0 Å². The smallest absolute Gasteiger partial charge is 0.222 e. The highest BCUT2D eigenvalue weighted by molar-refractivity contribution is 5.85. The van der Waals surface area contributed by atoms with E-state index in [0.717, 1.165) is 57.1 Å². The molecule has 0 unspecified atom stereocenters. The highest BCUT2D eigenvalue weighted by Crippen LogP contribution is 2.35. The van der Waals surface area contributed by atoms with Gasteiger partial charge in [0.25, 0.3) is 0 Å². The maximum Gasteiger partial charge on any atom is 0.222 e. The van der Waals surface area contributed by atoms with Gasteiger partial charge in [0.15, 0.2) is 0 Å². The number of piperazine rings is 1. The van der Waals surface area contributed by atoms with Gasteiger partial charge in [0.2, 0.25) is 5.95 Å². The van der Waals surface area contributed by atoms with Crippen molar-refractivity contribution < 1.29 is 0 Å². The van der Waals surface area contributed by atoms with E-state index in [4.69, 9.17) is 11.5 Å². The molecule has 1 aliphatic carbocycles. The Kier molecular flexibility index (Phi) is 8.71. The molecule has 1 aromatic heterocycles. The van der Waals surface area contributed by atoms with Crippen LogP contribution in [0.1, 0.15) is 30.0 Å². The average molecular weight is 437 g/mol. The topological polar surface area (TPSA) is 84.3 Å². The average Bonchev–Trinajstić information content (AvgIpc) is 2.66. The second-order valence-corrected chi connectivity index (χ2v) is 7.54. The Labute approximate surface area is 185 Å². The minimum Gasteiger partial charge on any atom is -0.368 e. The molecule has 2 heterocycles. The number of nitrogen functional groups attached to an aromatic ring is 1. The summed E-state index contributed by atoms with van der Waals surface area (Å²) in [6.45, 7) is 4.93. The molecule has 1 aromatic carbocycles. The van der Waals surface area contributed by atoms with Gasteiger partial charge < -0.3 is 16.4 Å². The molecule has 8 heteroatoms. The summed E-state index contributed by atoms with van der Waals surface area (Å²) in [5, 5.41) is 0. The Morgan fingerprint density at radius 1 is 1.00 bits per heavy atom. The van der Waals surface area contributed by atoms with Gasteiger partial charge in [-0.15, -0.1) is 24.8 Å². The number of nitrogens with two attached hydrogens (primary N) is 2. The summed E-state index contributed by atoms with van der Waals surface area (Å²) in [5.74, 6) is 1.77. The van der Waals surface area contributed by atoms with Crippen molar-refractivity contribution in [3.05, 3.63) is 53.7 Å². The molecule has 4 N–H and O–H groups in total. The summed E-state index contributed by atoms with van der Waals surface area (Å²) in [5.41, 5.74) is 14.2. The van der Waals surface area contributed by atoms with Gasteiger partial charge >= 0.3 is 0 Å². The maximum absolute atomic E-state index is 5.97. The largest absolute Gasteiger partial charge is 0.368 e. The molecule has 0 bridgehead atoms.